The molecule has 0 bridgehead atoms. The van der Waals surface area contributed by atoms with Crippen molar-refractivity contribution in [2.24, 2.45) is 5.73 Å². The van der Waals surface area contributed by atoms with E-state index in [4.69, 9.17) is 10.8 Å². The highest BCUT2D eigenvalue weighted by Crippen LogP contribution is 2.11. The quantitative estimate of drug-likeness (QED) is 0.444. The molecule has 0 spiro atoms. The summed E-state index contributed by atoms with van der Waals surface area (Å²) in [7, 11) is -2.33. The van der Waals surface area contributed by atoms with Crippen LogP contribution in [0.2, 0.25) is 0 Å². The second kappa shape index (κ2) is 6.06. The van der Waals surface area contributed by atoms with Crippen molar-refractivity contribution >= 4 is 14.0 Å². The standard InChI is InChI=1S/C6H12NO4P/c7-5(6(8)9)3-1-2-4-12(10)11/h5H,1-4,7H2,(H,8,9). The number of rotatable bonds is 6. The molecule has 0 aromatic heterocycles. The molecule has 2 atom stereocenters. The minimum absolute atomic E-state index is 0.113. The summed E-state index contributed by atoms with van der Waals surface area (Å²) in [5, 5.41) is 8.35. The lowest BCUT2D eigenvalue weighted by atomic mass is 10.1. The van der Waals surface area contributed by atoms with Gasteiger partial charge in [-0.3, -0.25) is 4.79 Å². The van der Waals surface area contributed by atoms with Crippen LogP contribution in [0.5, 0.6) is 0 Å². The summed E-state index contributed by atoms with van der Waals surface area (Å²) in [6.07, 6.45) is 1.47. The predicted molar refractivity (Wildman–Crippen MR) is 41.9 cm³/mol. The Morgan fingerprint density at radius 1 is 1.58 bits per heavy atom. The minimum Gasteiger partial charge on any atom is -0.596 e. The van der Waals surface area contributed by atoms with Crippen LogP contribution in [0, 0.1) is 0 Å². The number of carbonyl (C=O) groups is 1. The van der Waals surface area contributed by atoms with E-state index in [2.05, 4.69) is 0 Å². The van der Waals surface area contributed by atoms with Gasteiger partial charge < -0.3 is 15.7 Å². The van der Waals surface area contributed by atoms with Crippen molar-refractivity contribution in [3.63, 3.8) is 0 Å². The summed E-state index contributed by atoms with van der Waals surface area (Å²) < 4.78 is 10.1. The van der Waals surface area contributed by atoms with E-state index in [0.29, 0.717) is 19.3 Å². The van der Waals surface area contributed by atoms with Gasteiger partial charge in [-0.15, -0.1) is 0 Å². The van der Waals surface area contributed by atoms with Crippen molar-refractivity contribution in [1.29, 1.82) is 0 Å². The molecule has 0 saturated heterocycles. The fourth-order valence-corrected chi connectivity index (χ4v) is 1.21. The second-order valence-corrected chi connectivity index (χ2v) is 3.61. The van der Waals surface area contributed by atoms with Crippen LogP contribution >= 0.6 is 8.03 Å². The largest absolute Gasteiger partial charge is 0.596 e. The van der Waals surface area contributed by atoms with Crippen molar-refractivity contribution in [3.8, 4) is 0 Å². The zero-order chi connectivity index (χ0) is 9.56. The average Bonchev–Trinajstić information content (AvgIpc) is 1.97. The van der Waals surface area contributed by atoms with Gasteiger partial charge in [0.15, 0.2) is 0 Å². The molecule has 0 aliphatic carbocycles. The first-order valence-electron chi connectivity index (χ1n) is 3.64. The molecule has 3 N–H and O–H groups in total. The predicted octanol–water partition coefficient (Wildman–Crippen LogP) is -0.329. The molecule has 12 heavy (non-hydrogen) atoms. The maximum Gasteiger partial charge on any atom is 0.320 e. The molecule has 0 saturated carbocycles. The summed E-state index contributed by atoms with van der Waals surface area (Å²) in [5.74, 6) is -1.04. The summed E-state index contributed by atoms with van der Waals surface area (Å²) in [4.78, 5) is 20.3. The zero-order valence-corrected chi connectivity index (χ0v) is 7.50. The molecular weight excluding hydrogens is 181 g/mol. The van der Waals surface area contributed by atoms with E-state index in [1.54, 1.807) is 0 Å². The SMILES string of the molecule is NC(CCCC[P+](=O)[O-])C(=O)O. The number of unbranched alkanes of at least 4 members (excludes halogenated alkanes) is 1. The van der Waals surface area contributed by atoms with Crippen LogP contribution in [0.1, 0.15) is 19.3 Å². The molecule has 6 heteroatoms. The third-order valence-corrected chi connectivity index (χ3v) is 2.10. The highest BCUT2D eigenvalue weighted by Gasteiger charge is 2.10. The van der Waals surface area contributed by atoms with Gasteiger partial charge in [0.2, 0.25) is 0 Å². The summed E-state index contributed by atoms with van der Waals surface area (Å²) in [6.45, 7) is 0. The molecular formula is C6H12NO4P. The Bertz CT molecular complexity index is 173. The van der Waals surface area contributed by atoms with Crippen LogP contribution in [0.4, 0.5) is 0 Å². The van der Waals surface area contributed by atoms with Gasteiger partial charge in [-0.1, -0.05) is 4.57 Å². The number of carboxylic acid groups (broad SMARTS) is 1. The lowest BCUT2D eigenvalue weighted by Crippen LogP contribution is -2.29. The molecule has 0 aromatic carbocycles. The summed E-state index contributed by atoms with van der Waals surface area (Å²) in [6, 6.07) is -0.866. The topological polar surface area (TPSA) is 103 Å². The first-order chi connectivity index (χ1) is 5.54. The number of nitrogens with two attached hydrogens (primary N) is 1. The van der Waals surface area contributed by atoms with Crippen molar-refractivity contribution < 1.29 is 19.4 Å². The molecule has 0 heterocycles. The van der Waals surface area contributed by atoms with E-state index < -0.39 is 20.0 Å². The van der Waals surface area contributed by atoms with E-state index >= 15 is 0 Å². The molecule has 0 amide bonds. The Kier molecular flexibility index (Phi) is 5.80. The number of aliphatic carboxylic acids is 1. The first kappa shape index (κ1) is 11.5. The Hall–Kier alpha value is -0.510. The highest BCUT2D eigenvalue weighted by molar-refractivity contribution is 7.36. The van der Waals surface area contributed by atoms with Crippen LogP contribution in [0.3, 0.4) is 0 Å². The van der Waals surface area contributed by atoms with E-state index in [0.717, 1.165) is 0 Å². The Morgan fingerprint density at radius 3 is 2.58 bits per heavy atom. The number of hydrogen-bond donors (Lipinski definition) is 2. The van der Waals surface area contributed by atoms with Gasteiger partial charge in [-0.05, 0) is 19.3 Å². The third-order valence-electron chi connectivity index (χ3n) is 1.42. The summed E-state index contributed by atoms with van der Waals surface area (Å²) in [5.41, 5.74) is 5.18. The van der Waals surface area contributed by atoms with Gasteiger partial charge in [-0.2, -0.15) is 0 Å². The van der Waals surface area contributed by atoms with Crippen molar-refractivity contribution in [2.75, 3.05) is 6.16 Å². The lowest BCUT2D eigenvalue weighted by Gasteiger charge is -2.03. The number of carboxylic acids is 1. The molecule has 0 aromatic rings. The van der Waals surface area contributed by atoms with Crippen LogP contribution < -0.4 is 10.6 Å². The zero-order valence-electron chi connectivity index (χ0n) is 6.60. The second-order valence-electron chi connectivity index (χ2n) is 2.50. The van der Waals surface area contributed by atoms with Gasteiger partial charge in [0.25, 0.3) is 0 Å². The normalized spacial score (nSPS) is 14.0. The van der Waals surface area contributed by atoms with Crippen LogP contribution in [-0.4, -0.2) is 23.3 Å². The van der Waals surface area contributed by atoms with Gasteiger partial charge in [0.05, 0.1) is 0 Å². The maximum absolute atomic E-state index is 10.2. The molecule has 0 rings (SSSR count). The van der Waals surface area contributed by atoms with Gasteiger partial charge >= 0.3 is 14.0 Å². The van der Waals surface area contributed by atoms with Crippen LogP contribution in [0.25, 0.3) is 0 Å². The highest BCUT2D eigenvalue weighted by atomic mass is 31.1. The average molecular weight is 193 g/mol. The van der Waals surface area contributed by atoms with Crippen molar-refractivity contribution in [1.82, 2.24) is 0 Å². The fourth-order valence-electron chi connectivity index (χ4n) is 0.729. The minimum atomic E-state index is -2.33. The van der Waals surface area contributed by atoms with Gasteiger partial charge in [0, 0.05) is 0 Å². The van der Waals surface area contributed by atoms with Crippen molar-refractivity contribution in [2.45, 2.75) is 25.3 Å². The van der Waals surface area contributed by atoms with E-state index in [1.165, 1.54) is 0 Å². The van der Waals surface area contributed by atoms with E-state index in [-0.39, 0.29) is 6.16 Å². The van der Waals surface area contributed by atoms with E-state index in [9.17, 15) is 14.3 Å². The summed E-state index contributed by atoms with van der Waals surface area (Å²) >= 11 is 0. The molecule has 5 nitrogen and oxygen atoms in total. The lowest BCUT2D eigenvalue weighted by molar-refractivity contribution is -0.164. The van der Waals surface area contributed by atoms with Crippen molar-refractivity contribution in [3.05, 3.63) is 0 Å². The number of hydrogen-bond acceptors (Lipinski definition) is 4. The molecule has 70 valence electrons. The smallest absolute Gasteiger partial charge is 0.320 e. The maximum atomic E-state index is 10.2. The van der Waals surface area contributed by atoms with Crippen LogP contribution in [-0.2, 0) is 9.36 Å². The first-order valence-corrected chi connectivity index (χ1v) is 5.00. The Labute approximate surface area is 71.4 Å². The fraction of sp³-hybridized carbons (Fsp3) is 0.833. The molecule has 0 aliphatic rings. The molecule has 0 fully saturated rings. The molecule has 0 aliphatic heterocycles. The van der Waals surface area contributed by atoms with Gasteiger partial charge in [-0.25, -0.2) is 0 Å². The Morgan fingerprint density at radius 2 is 2.17 bits per heavy atom. The third kappa shape index (κ3) is 6.22. The van der Waals surface area contributed by atoms with Gasteiger partial charge in [0.1, 0.15) is 12.2 Å². The molecule has 0 radical (unpaired) electrons. The van der Waals surface area contributed by atoms with Crippen LogP contribution in [0.15, 0.2) is 0 Å². The van der Waals surface area contributed by atoms with E-state index in [1.807, 2.05) is 0 Å². The monoisotopic (exact) mass is 193 g/mol. The molecule has 2 unspecified atom stereocenters. The Balaban J connectivity index is 3.31.